The van der Waals surface area contributed by atoms with Gasteiger partial charge >= 0.3 is 0 Å². The summed E-state index contributed by atoms with van der Waals surface area (Å²) in [4.78, 5) is 6.68. The Bertz CT molecular complexity index is 322. The van der Waals surface area contributed by atoms with Crippen molar-refractivity contribution >= 4 is 5.84 Å². The number of hydrogen-bond acceptors (Lipinski definition) is 1. The molecule has 0 rings (SSSR count). The fourth-order valence-electron chi connectivity index (χ4n) is 3.75. The molecule has 0 saturated carbocycles. The number of aliphatic imine (C=N–C) groups is 1. The zero-order chi connectivity index (χ0) is 20.7. The highest BCUT2D eigenvalue weighted by molar-refractivity contribution is 5.79. The SMILES string of the molecule is CCCCCCCCCCCCCCCCCCCCCC/N=C(\C)N(C)C. The summed E-state index contributed by atoms with van der Waals surface area (Å²) in [6.45, 7) is 5.40. The van der Waals surface area contributed by atoms with Gasteiger partial charge in [0.2, 0.25) is 0 Å². The van der Waals surface area contributed by atoms with Gasteiger partial charge in [-0.2, -0.15) is 0 Å². The predicted molar refractivity (Wildman–Crippen MR) is 130 cm³/mol. The molecule has 0 aliphatic carbocycles. The summed E-state index contributed by atoms with van der Waals surface area (Å²) >= 11 is 0. The van der Waals surface area contributed by atoms with Crippen molar-refractivity contribution in [3.63, 3.8) is 0 Å². The van der Waals surface area contributed by atoms with Crippen LogP contribution in [0.5, 0.6) is 0 Å². The fourth-order valence-corrected chi connectivity index (χ4v) is 3.75. The van der Waals surface area contributed by atoms with Gasteiger partial charge in [0.05, 0.1) is 5.84 Å². The molecule has 0 radical (unpaired) electrons. The monoisotopic (exact) mass is 394 g/mol. The molecule has 0 N–H and O–H groups in total. The first-order valence-electron chi connectivity index (χ1n) is 12.9. The number of hydrogen-bond donors (Lipinski definition) is 0. The molecule has 2 nitrogen and oxygen atoms in total. The van der Waals surface area contributed by atoms with Crippen molar-refractivity contribution in [1.29, 1.82) is 0 Å². The van der Waals surface area contributed by atoms with E-state index in [1.165, 1.54) is 128 Å². The highest BCUT2D eigenvalue weighted by Gasteiger charge is 1.96. The lowest BCUT2D eigenvalue weighted by atomic mass is 10.0. The molecule has 0 unspecified atom stereocenters. The summed E-state index contributed by atoms with van der Waals surface area (Å²) in [5.41, 5.74) is 0. The molecule has 168 valence electrons. The van der Waals surface area contributed by atoms with Crippen LogP contribution in [0.3, 0.4) is 0 Å². The third kappa shape index (κ3) is 21.8. The lowest BCUT2D eigenvalue weighted by Crippen LogP contribution is -2.18. The molecule has 0 bridgehead atoms. The molecular formula is C26H54N2. The maximum Gasteiger partial charge on any atom is 0.0952 e. The number of nitrogens with zero attached hydrogens (tertiary/aromatic N) is 2. The van der Waals surface area contributed by atoms with E-state index in [9.17, 15) is 0 Å². The molecule has 28 heavy (non-hydrogen) atoms. The van der Waals surface area contributed by atoms with Crippen molar-refractivity contribution in [3.8, 4) is 0 Å². The lowest BCUT2D eigenvalue weighted by molar-refractivity contribution is 0.522. The standard InChI is InChI=1S/C26H54N2/c1-5-6-7-8-9-10-11-12-13-14-15-16-17-18-19-20-21-22-23-24-25-27-26(2)28(3)4/h5-25H2,1-4H3/b27-26+. The summed E-state index contributed by atoms with van der Waals surface area (Å²) in [5.74, 6) is 1.15. The Kier molecular flexibility index (Phi) is 22.3. The Labute approximate surface area is 179 Å². The molecule has 0 aliphatic heterocycles. The Morgan fingerprint density at radius 3 is 1.07 bits per heavy atom. The van der Waals surface area contributed by atoms with Crippen LogP contribution in [0.1, 0.15) is 142 Å². The Morgan fingerprint density at radius 1 is 0.500 bits per heavy atom. The lowest BCUT2D eigenvalue weighted by Gasteiger charge is -2.10. The largest absolute Gasteiger partial charge is 0.367 e. The maximum absolute atomic E-state index is 4.58. The topological polar surface area (TPSA) is 15.6 Å². The smallest absolute Gasteiger partial charge is 0.0952 e. The quantitative estimate of drug-likeness (QED) is 0.108. The van der Waals surface area contributed by atoms with E-state index in [1.54, 1.807) is 0 Å². The van der Waals surface area contributed by atoms with E-state index >= 15 is 0 Å². The summed E-state index contributed by atoms with van der Waals surface area (Å²) in [6, 6.07) is 0. The van der Waals surface area contributed by atoms with Gasteiger partial charge in [0, 0.05) is 20.6 Å². The normalized spacial score (nSPS) is 11.9. The number of rotatable bonds is 21. The van der Waals surface area contributed by atoms with E-state index < -0.39 is 0 Å². The average molecular weight is 395 g/mol. The van der Waals surface area contributed by atoms with E-state index in [0.717, 1.165) is 12.4 Å². The van der Waals surface area contributed by atoms with Gasteiger partial charge in [-0.1, -0.05) is 129 Å². The Balaban J connectivity index is 3.08. The summed E-state index contributed by atoms with van der Waals surface area (Å²) in [5, 5.41) is 0. The predicted octanol–water partition coefficient (Wildman–Crippen LogP) is 8.79. The van der Waals surface area contributed by atoms with Crippen LogP contribution >= 0.6 is 0 Å². The molecule has 0 fully saturated rings. The van der Waals surface area contributed by atoms with Crippen LogP contribution in [0, 0.1) is 0 Å². The van der Waals surface area contributed by atoms with Crippen LogP contribution in [0.25, 0.3) is 0 Å². The molecule has 0 aliphatic rings. The molecule has 0 spiro atoms. The van der Waals surface area contributed by atoms with Gasteiger partial charge in [-0.25, -0.2) is 0 Å². The summed E-state index contributed by atoms with van der Waals surface area (Å²) < 4.78 is 0. The van der Waals surface area contributed by atoms with Gasteiger partial charge in [-0.15, -0.1) is 0 Å². The van der Waals surface area contributed by atoms with Crippen molar-refractivity contribution in [3.05, 3.63) is 0 Å². The van der Waals surface area contributed by atoms with Gasteiger partial charge in [0.15, 0.2) is 0 Å². The van der Waals surface area contributed by atoms with Crippen LogP contribution in [0.15, 0.2) is 4.99 Å². The molecule has 0 aromatic rings. The second-order valence-corrected chi connectivity index (χ2v) is 9.04. The van der Waals surface area contributed by atoms with Crippen LogP contribution in [0.4, 0.5) is 0 Å². The van der Waals surface area contributed by atoms with Gasteiger partial charge in [-0.05, 0) is 13.3 Å². The fraction of sp³-hybridized carbons (Fsp3) is 0.962. The van der Waals surface area contributed by atoms with E-state index in [-0.39, 0.29) is 0 Å². The van der Waals surface area contributed by atoms with Crippen molar-refractivity contribution in [1.82, 2.24) is 4.90 Å². The molecule has 0 amide bonds. The van der Waals surface area contributed by atoms with Crippen molar-refractivity contribution in [2.45, 2.75) is 142 Å². The summed E-state index contributed by atoms with van der Waals surface area (Å²) in [6.07, 6.45) is 28.8. The Hall–Kier alpha value is -0.530. The van der Waals surface area contributed by atoms with Gasteiger partial charge in [0.25, 0.3) is 0 Å². The number of amidine groups is 1. The van der Waals surface area contributed by atoms with Gasteiger partial charge in [-0.3, -0.25) is 4.99 Å². The molecule has 0 aromatic carbocycles. The van der Waals surface area contributed by atoms with Gasteiger partial charge < -0.3 is 4.90 Å². The average Bonchev–Trinajstić information content (AvgIpc) is 2.68. The minimum atomic E-state index is 1.00. The minimum Gasteiger partial charge on any atom is -0.367 e. The highest BCUT2D eigenvalue weighted by Crippen LogP contribution is 2.14. The first kappa shape index (κ1) is 27.5. The van der Waals surface area contributed by atoms with E-state index in [1.807, 2.05) is 0 Å². The van der Waals surface area contributed by atoms with Crippen LogP contribution < -0.4 is 0 Å². The third-order valence-electron chi connectivity index (χ3n) is 6.00. The Morgan fingerprint density at radius 2 is 0.786 bits per heavy atom. The third-order valence-corrected chi connectivity index (χ3v) is 6.00. The first-order valence-corrected chi connectivity index (χ1v) is 12.9. The second-order valence-electron chi connectivity index (χ2n) is 9.04. The maximum atomic E-state index is 4.58. The van der Waals surface area contributed by atoms with E-state index in [2.05, 4.69) is 37.8 Å². The summed E-state index contributed by atoms with van der Waals surface area (Å²) in [7, 11) is 4.13. The van der Waals surface area contributed by atoms with Crippen LogP contribution in [-0.2, 0) is 0 Å². The van der Waals surface area contributed by atoms with Crippen molar-refractivity contribution in [2.24, 2.45) is 4.99 Å². The van der Waals surface area contributed by atoms with Crippen LogP contribution in [0.2, 0.25) is 0 Å². The van der Waals surface area contributed by atoms with E-state index in [0.29, 0.717) is 0 Å². The molecule has 0 heterocycles. The van der Waals surface area contributed by atoms with Crippen LogP contribution in [-0.4, -0.2) is 31.4 Å². The molecule has 0 atom stereocenters. The van der Waals surface area contributed by atoms with E-state index in [4.69, 9.17) is 0 Å². The molecule has 2 heteroatoms. The molecular weight excluding hydrogens is 340 g/mol. The number of unbranched alkanes of at least 4 members (excludes halogenated alkanes) is 19. The first-order chi connectivity index (χ1) is 13.7. The zero-order valence-electron chi connectivity index (χ0n) is 20.2. The molecule has 0 aromatic heterocycles. The van der Waals surface area contributed by atoms with Crippen molar-refractivity contribution < 1.29 is 0 Å². The molecule has 0 saturated heterocycles. The minimum absolute atomic E-state index is 1.00. The second kappa shape index (κ2) is 22.8. The zero-order valence-corrected chi connectivity index (χ0v) is 20.2. The van der Waals surface area contributed by atoms with Crippen molar-refractivity contribution in [2.75, 3.05) is 20.6 Å². The highest BCUT2D eigenvalue weighted by atomic mass is 15.1. The van der Waals surface area contributed by atoms with Gasteiger partial charge in [0.1, 0.15) is 0 Å².